The van der Waals surface area contributed by atoms with Crippen LogP contribution in [-0.4, -0.2) is 34.8 Å². The van der Waals surface area contributed by atoms with E-state index < -0.39 is 0 Å². The van der Waals surface area contributed by atoms with Crippen molar-refractivity contribution in [2.45, 2.75) is 22.9 Å². The van der Waals surface area contributed by atoms with Crippen molar-refractivity contribution in [3.63, 3.8) is 0 Å². The zero-order valence-corrected chi connectivity index (χ0v) is 20.7. The number of carbonyl (C=O) groups excluding carboxylic acids is 2. The molecule has 0 unspecified atom stereocenters. The minimum absolute atomic E-state index is 0.0821. The molecule has 0 spiro atoms. The molecule has 0 bridgehead atoms. The van der Waals surface area contributed by atoms with E-state index in [4.69, 9.17) is 16.6 Å². The summed E-state index contributed by atoms with van der Waals surface area (Å²) in [5.41, 5.74) is 3.46. The molecule has 34 heavy (non-hydrogen) atoms. The lowest BCUT2D eigenvalue weighted by molar-refractivity contribution is 0.0787. The minimum atomic E-state index is -0.291. The van der Waals surface area contributed by atoms with E-state index in [0.717, 1.165) is 56.8 Å². The van der Waals surface area contributed by atoms with E-state index in [1.807, 2.05) is 47.4 Å². The van der Waals surface area contributed by atoms with E-state index in [1.54, 1.807) is 47.4 Å². The van der Waals surface area contributed by atoms with E-state index in [9.17, 15) is 9.59 Å². The lowest BCUT2D eigenvalue weighted by Crippen LogP contribution is -2.29. The van der Waals surface area contributed by atoms with Gasteiger partial charge in [0.25, 0.3) is 11.8 Å². The van der Waals surface area contributed by atoms with Crippen molar-refractivity contribution in [2.24, 2.45) is 0 Å². The topological polar surface area (TPSA) is 62.3 Å². The molecule has 0 saturated carbocycles. The molecule has 4 aromatic rings. The highest BCUT2D eigenvalue weighted by atomic mass is 35.5. The Labute approximate surface area is 211 Å². The molecule has 0 atom stereocenters. The molecule has 5 rings (SSSR count). The van der Waals surface area contributed by atoms with Crippen LogP contribution in [0.1, 0.15) is 39.1 Å². The molecule has 1 aromatic heterocycles. The van der Waals surface area contributed by atoms with Crippen molar-refractivity contribution < 1.29 is 9.59 Å². The van der Waals surface area contributed by atoms with E-state index >= 15 is 0 Å². The van der Waals surface area contributed by atoms with Gasteiger partial charge in [0, 0.05) is 29.6 Å². The first-order valence-electron chi connectivity index (χ1n) is 11.0. The SMILES string of the molecule is O=C(Nc1ccc2nc(SCc3ccccc3Cl)sc2c1)c1ccccc1C(=O)N1CCCC1. The average molecular weight is 508 g/mol. The second-order valence-electron chi connectivity index (χ2n) is 8.04. The van der Waals surface area contributed by atoms with Gasteiger partial charge in [-0.15, -0.1) is 11.3 Å². The summed E-state index contributed by atoms with van der Waals surface area (Å²) in [7, 11) is 0. The number of nitrogens with zero attached hydrogens (tertiary/aromatic N) is 2. The zero-order valence-electron chi connectivity index (χ0n) is 18.3. The van der Waals surface area contributed by atoms with Crippen molar-refractivity contribution in [1.29, 1.82) is 0 Å². The fraction of sp³-hybridized carbons (Fsp3) is 0.192. The summed E-state index contributed by atoms with van der Waals surface area (Å²) in [6.45, 7) is 1.49. The molecule has 0 radical (unpaired) electrons. The Balaban J connectivity index is 1.31. The van der Waals surface area contributed by atoms with Gasteiger partial charge in [0.2, 0.25) is 0 Å². The second kappa shape index (κ2) is 10.2. The van der Waals surface area contributed by atoms with Crippen LogP contribution in [0.2, 0.25) is 5.02 Å². The monoisotopic (exact) mass is 507 g/mol. The highest BCUT2D eigenvalue weighted by Gasteiger charge is 2.24. The minimum Gasteiger partial charge on any atom is -0.339 e. The first kappa shape index (κ1) is 22.9. The van der Waals surface area contributed by atoms with Gasteiger partial charge in [-0.1, -0.05) is 53.7 Å². The van der Waals surface area contributed by atoms with Gasteiger partial charge in [-0.3, -0.25) is 9.59 Å². The normalized spacial score (nSPS) is 13.4. The van der Waals surface area contributed by atoms with E-state index in [-0.39, 0.29) is 11.8 Å². The largest absolute Gasteiger partial charge is 0.339 e. The van der Waals surface area contributed by atoms with Crippen LogP contribution < -0.4 is 5.32 Å². The van der Waals surface area contributed by atoms with Crippen LogP contribution in [0.15, 0.2) is 71.1 Å². The number of aromatic nitrogens is 1. The van der Waals surface area contributed by atoms with Crippen molar-refractivity contribution in [3.05, 3.63) is 88.4 Å². The highest BCUT2D eigenvalue weighted by molar-refractivity contribution is 8.00. The molecule has 1 aliphatic rings. The van der Waals surface area contributed by atoms with Crippen LogP contribution in [0, 0.1) is 0 Å². The van der Waals surface area contributed by atoms with Crippen molar-refractivity contribution in [2.75, 3.05) is 18.4 Å². The average Bonchev–Trinajstić information content (AvgIpc) is 3.53. The molecule has 1 saturated heterocycles. The second-order valence-corrected chi connectivity index (χ2v) is 10.7. The number of benzene rings is 3. The third-order valence-electron chi connectivity index (χ3n) is 5.73. The van der Waals surface area contributed by atoms with Crippen LogP contribution in [0.25, 0.3) is 10.2 Å². The molecule has 2 heterocycles. The van der Waals surface area contributed by atoms with E-state index in [2.05, 4.69) is 5.32 Å². The molecule has 2 amide bonds. The highest BCUT2D eigenvalue weighted by Crippen LogP contribution is 2.34. The Morgan fingerprint density at radius 2 is 1.74 bits per heavy atom. The van der Waals surface area contributed by atoms with Crippen LogP contribution in [-0.2, 0) is 5.75 Å². The molecule has 172 valence electrons. The third kappa shape index (κ3) is 4.97. The number of anilines is 1. The molecule has 1 fully saturated rings. The molecule has 8 heteroatoms. The van der Waals surface area contributed by atoms with Gasteiger partial charge in [-0.25, -0.2) is 4.98 Å². The van der Waals surface area contributed by atoms with Crippen LogP contribution in [0.4, 0.5) is 5.69 Å². The number of fused-ring (bicyclic) bond motifs is 1. The summed E-state index contributed by atoms with van der Waals surface area (Å²) < 4.78 is 1.93. The predicted octanol–water partition coefficient (Wildman–Crippen LogP) is 6.73. The molecule has 1 N–H and O–H groups in total. The Morgan fingerprint density at radius 3 is 2.53 bits per heavy atom. The molecular formula is C26H22ClN3O2S2. The Hall–Kier alpha value is -2.87. The quantitative estimate of drug-likeness (QED) is 0.294. The van der Waals surface area contributed by atoms with Gasteiger partial charge in [0.05, 0.1) is 21.3 Å². The number of nitrogens with one attached hydrogen (secondary N) is 1. The van der Waals surface area contributed by atoms with Gasteiger partial charge in [0.1, 0.15) is 0 Å². The number of thioether (sulfide) groups is 1. The molecule has 3 aromatic carbocycles. The Morgan fingerprint density at radius 1 is 1.00 bits per heavy atom. The first-order valence-corrected chi connectivity index (χ1v) is 13.2. The summed E-state index contributed by atoms with van der Waals surface area (Å²) in [6.07, 6.45) is 2.02. The maximum Gasteiger partial charge on any atom is 0.256 e. The zero-order chi connectivity index (χ0) is 23.5. The number of carbonyl (C=O) groups is 2. The maximum atomic E-state index is 13.1. The van der Waals surface area contributed by atoms with Gasteiger partial charge in [-0.05, 0) is 54.8 Å². The third-order valence-corrected chi connectivity index (χ3v) is 8.31. The summed E-state index contributed by atoms with van der Waals surface area (Å²) in [5, 5.41) is 3.71. The van der Waals surface area contributed by atoms with Gasteiger partial charge in [0.15, 0.2) is 4.34 Å². The predicted molar refractivity (Wildman–Crippen MR) is 140 cm³/mol. The molecule has 0 aliphatic carbocycles. The van der Waals surface area contributed by atoms with Crippen LogP contribution in [0.5, 0.6) is 0 Å². The number of likely N-dealkylation sites (tertiary alicyclic amines) is 1. The van der Waals surface area contributed by atoms with E-state index in [1.165, 1.54) is 0 Å². The first-order chi connectivity index (χ1) is 16.6. The number of thiazole rings is 1. The summed E-state index contributed by atoms with van der Waals surface area (Å²) in [4.78, 5) is 32.5. The molecule has 5 nitrogen and oxygen atoms in total. The van der Waals surface area contributed by atoms with Gasteiger partial charge >= 0.3 is 0 Å². The number of halogens is 1. The number of amides is 2. The fourth-order valence-electron chi connectivity index (χ4n) is 3.95. The maximum absolute atomic E-state index is 13.1. The van der Waals surface area contributed by atoms with Gasteiger partial charge < -0.3 is 10.2 Å². The number of hydrogen-bond acceptors (Lipinski definition) is 5. The number of rotatable bonds is 6. The fourth-order valence-corrected chi connectivity index (χ4v) is 6.35. The standard InChI is InChI=1S/C26H22ClN3O2S2/c27-21-10-4-1-7-17(21)16-33-26-29-22-12-11-18(15-23(22)34-26)28-24(31)19-8-2-3-9-20(19)25(32)30-13-5-6-14-30/h1-4,7-12,15H,5-6,13-14,16H2,(H,28,31). The summed E-state index contributed by atoms with van der Waals surface area (Å²) in [5.74, 6) is 0.368. The lowest BCUT2D eigenvalue weighted by Gasteiger charge is -2.17. The molecular weight excluding hydrogens is 486 g/mol. The van der Waals surface area contributed by atoms with E-state index in [0.29, 0.717) is 16.8 Å². The Kier molecular flexibility index (Phi) is 6.85. The van der Waals surface area contributed by atoms with Crippen molar-refractivity contribution >= 4 is 62.4 Å². The van der Waals surface area contributed by atoms with Gasteiger partial charge in [-0.2, -0.15) is 0 Å². The lowest BCUT2D eigenvalue weighted by atomic mass is 10.1. The summed E-state index contributed by atoms with van der Waals surface area (Å²) in [6, 6.07) is 20.5. The van der Waals surface area contributed by atoms with Crippen molar-refractivity contribution in [3.8, 4) is 0 Å². The van der Waals surface area contributed by atoms with Crippen LogP contribution >= 0.6 is 34.7 Å². The van der Waals surface area contributed by atoms with Crippen molar-refractivity contribution in [1.82, 2.24) is 9.88 Å². The Bertz CT molecular complexity index is 1370. The van der Waals surface area contributed by atoms with Crippen LogP contribution in [0.3, 0.4) is 0 Å². The smallest absolute Gasteiger partial charge is 0.256 e. The number of hydrogen-bond donors (Lipinski definition) is 1. The summed E-state index contributed by atoms with van der Waals surface area (Å²) >= 11 is 9.48. The molecule has 1 aliphatic heterocycles.